The summed E-state index contributed by atoms with van der Waals surface area (Å²) in [6.45, 7) is 1.95. The fourth-order valence-corrected chi connectivity index (χ4v) is 3.74. The molecule has 2 aromatic carbocycles. The van der Waals surface area contributed by atoms with Crippen molar-refractivity contribution in [1.29, 1.82) is 0 Å². The fourth-order valence-electron chi connectivity index (χ4n) is 2.09. The van der Waals surface area contributed by atoms with Gasteiger partial charge in [0.05, 0.1) is 0 Å². The molecule has 1 heterocycles. The van der Waals surface area contributed by atoms with Crippen molar-refractivity contribution in [3.63, 3.8) is 0 Å². The fraction of sp³-hybridized carbons (Fsp3) is 0.0714. The third kappa shape index (κ3) is 2.25. The molecule has 0 saturated heterocycles. The topological polar surface area (TPSA) is 58.5 Å². The minimum atomic E-state index is -3.58. The van der Waals surface area contributed by atoms with Crippen molar-refractivity contribution in [2.45, 2.75) is 11.8 Å². The number of rotatable bonds is 1. The van der Waals surface area contributed by atoms with Crippen LogP contribution in [0.2, 0.25) is 0 Å². The molecule has 3 rings (SSSR count). The van der Waals surface area contributed by atoms with Gasteiger partial charge in [-0.15, -0.1) is 4.40 Å². The zero-order valence-corrected chi connectivity index (χ0v) is 13.0. The largest absolute Gasteiger partial charge is 0.339 e. The van der Waals surface area contributed by atoms with Crippen molar-refractivity contribution in [3.05, 3.63) is 58.1 Å². The summed E-state index contributed by atoms with van der Waals surface area (Å²) in [5.41, 5.74) is 2.44. The summed E-state index contributed by atoms with van der Waals surface area (Å²) in [7, 11) is -3.58. The highest BCUT2D eigenvalue weighted by atomic mass is 79.9. The summed E-state index contributed by atoms with van der Waals surface area (Å²) in [6.07, 6.45) is 0. The zero-order valence-electron chi connectivity index (χ0n) is 10.6. The van der Waals surface area contributed by atoms with Crippen molar-refractivity contribution in [3.8, 4) is 0 Å². The van der Waals surface area contributed by atoms with E-state index in [1.165, 1.54) is 0 Å². The maximum atomic E-state index is 12.0. The van der Waals surface area contributed by atoms with Crippen molar-refractivity contribution in [1.82, 2.24) is 0 Å². The van der Waals surface area contributed by atoms with Crippen LogP contribution < -0.4 is 5.32 Å². The molecule has 0 spiro atoms. The number of sulfonamides is 1. The lowest BCUT2D eigenvalue weighted by molar-refractivity contribution is 0.599. The zero-order chi connectivity index (χ0) is 14.3. The van der Waals surface area contributed by atoms with Gasteiger partial charge >= 0.3 is 0 Å². The first kappa shape index (κ1) is 13.3. The Balaban J connectivity index is 2.05. The molecular formula is C14H11BrN2O2S. The minimum absolute atomic E-state index is 0.247. The molecule has 4 nitrogen and oxygen atoms in total. The second kappa shape index (κ2) is 4.71. The minimum Gasteiger partial charge on any atom is -0.339 e. The van der Waals surface area contributed by atoms with Crippen LogP contribution in [0.15, 0.2) is 56.2 Å². The smallest absolute Gasteiger partial charge is 0.285 e. The predicted octanol–water partition coefficient (Wildman–Crippen LogP) is 3.32. The SMILES string of the molecule is Cc1cc(Br)ccc1NC1=NS(=O)(=O)c2ccccc21. The van der Waals surface area contributed by atoms with E-state index in [0.29, 0.717) is 11.4 Å². The molecule has 102 valence electrons. The number of nitrogens with zero attached hydrogens (tertiary/aromatic N) is 1. The van der Waals surface area contributed by atoms with Crippen LogP contribution in [0.5, 0.6) is 0 Å². The van der Waals surface area contributed by atoms with Gasteiger partial charge in [-0.05, 0) is 42.8 Å². The van der Waals surface area contributed by atoms with E-state index in [-0.39, 0.29) is 4.90 Å². The van der Waals surface area contributed by atoms with Gasteiger partial charge in [-0.25, -0.2) is 0 Å². The molecule has 20 heavy (non-hydrogen) atoms. The average Bonchev–Trinajstić information content (AvgIpc) is 2.65. The Bertz CT molecular complexity index is 829. The second-order valence-electron chi connectivity index (χ2n) is 4.50. The van der Waals surface area contributed by atoms with Crippen LogP contribution >= 0.6 is 15.9 Å². The molecule has 1 aliphatic heterocycles. The normalized spacial score (nSPS) is 15.6. The van der Waals surface area contributed by atoms with Crippen molar-refractivity contribution in [2.24, 2.45) is 4.40 Å². The van der Waals surface area contributed by atoms with Gasteiger partial charge in [0.1, 0.15) is 4.90 Å². The van der Waals surface area contributed by atoms with Gasteiger partial charge < -0.3 is 5.32 Å². The summed E-state index contributed by atoms with van der Waals surface area (Å²) in [4.78, 5) is 0.247. The number of hydrogen-bond donors (Lipinski definition) is 1. The molecular weight excluding hydrogens is 340 g/mol. The predicted molar refractivity (Wildman–Crippen MR) is 82.7 cm³/mol. The summed E-state index contributed by atoms with van der Waals surface area (Å²) in [6, 6.07) is 12.5. The summed E-state index contributed by atoms with van der Waals surface area (Å²) in [5.74, 6) is 0.367. The number of benzene rings is 2. The lowest BCUT2D eigenvalue weighted by atomic mass is 10.1. The van der Waals surface area contributed by atoms with Gasteiger partial charge in [0.25, 0.3) is 10.0 Å². The molecule has 1 aliphatic rings. The quantitative estimate of drug-likeness (QED) is 0.858. The van der Waals surface area contributed by atoms with Crippen LogP contribution in [-0.4, -0.2) is 14.3 Å². The third-order valence-electron chi connectivity index (χ3n) is 3.07. The van der Waals surface area contributed by atoms with E-state index in [4.69, 9.17) is 0 Å². The highest BCUT2D eigenvalue weighted by molar-refractivity contribution is 9.10. The van der Waals surface area contributed by atoms with E-state index >= 15 is 0 Å². The van der Waals surface area contributed by atoms with Gasteiger partial charge in [0.15, 0.2) is 5.84 Å². The van der Waals surface area contributed by atoms with E-state index in [2.05, 4.69) is 25.6 Å². The average molecular weight is 351 g/mol. The molecule has 2 aromatic rings. The monoisotopic (exact) mass is 350 g/mol. The van der Waals surface area contributed by atoms with Gasteiger partial charge in [-0.1, -0.05) is 28.1 Å². The van der Waals surface area contributed by atoms with Crippen LogP contribution in [0.4, 0.5) is 5.69 Å². The van der Waals surface area contributed by atoms with E-state index in [0.717, 1.165) is 15.7 Å². The third-order valence-corrected chi connectivity index (χ3v) is 4.90. The van der Waals surface area contributed by atoms with E-state index in [1.807, 2.05) is 25.1 Å². The summed E-state index contributed by atoms with van der Waals surface area (Å²) in [5, 5.41) is 3.10. The molecule has 6 heteroatoms. The molecule has 0 bridgehead atoms. The Hall–Kier alpha value is -1.66. The molecule has 0 radical (unpaired) electrons. The first-order valence-electron chi connectivity index (χ1n) is 5.95. The first-order valence-corrected chi connectivity index (χ1v) is 8.18. The van der Waals surface area contributed by atoms with Gasteiger partial charge in [-0.3, -0.25) is 0 Å². The second-order valence-corrected chi connectivity index (χ2v) is 6.98. The standard InChI is InChI=1S/C14H11BrN2O2S/c1-9-8-10(15)6-7-12(9)16-14-11-4-2-3-5-13(11)20(18,19)17-14/h2-8H,1H3,(H,16,17). The first-order chi connectivity index (χ1) is 9.47. The Labute approximate surface area is 125 Å². The highest BCUT2D eigenvalue weighted by Gasteiger charge is 2.28. The van der Waals surface area contributed by atoms with Crippen LogP contribution in [0, 0.1) is 6.92 Å². The van der Waals surface area contributed by atoms with Crippen LogP contribution in [0.25, 0.3) is 0 Å². The van der Waals surface area contributed by atoms with Gasteiger partial charge in [0, 0.05) is 15.7 Å². The van der Waals surface area contributed by atoms with Crippen molar-refractivity contribution < 1.29 is 8.42 Å². The number of fused-ring (bicyclic) bond motifs is 1. The number of nitrogens with one attached hydrogen (secondary N) is 1. The van der Waals surface area contributed by atoms with E-state index < -0.39 is 10.0 Å². The van der Waals surface area contributed by atoms with E-state index in [1.54, 1.807) is 24.3 Å². The van der Waals surface area contributed by atoms with Crippen molar-refractivity contribution >= 4 is 37.5 Å². The van der Waals surface area contributed by atoms with Gasteiger partial charge in [-0.2, -0.15) is 8.42 Å². The van der Waals surface area contributed by atoms with Crippen LogP contribution in [-0.2, 0) is 10.0 Å². The van der Waals surface area contributed by atoms with Crippen LogP contribution in [0.3, 0.4) is 0 Å². The molecule has 1 N–H and O–H groups in total. The Kier molecular flexibility index (Phi) is 3.14. The molecule has 0 aliphatic carbocycles. The Morgan fingerprint density at radius 1 is 1.15 bits per heavy atom. The van der Waals surface area contributed by atoms with Crippen molar-refractivity contribution in [2.75, 3.05) is 5.32 Å². The van der Waals surface area contributed by atoms with Gasteiger partial charge in [0.2, 0.25) is 0 Å². The lowest BCUT2D eigenvalue weighted by Crippen LogP contribution is -2.12. The number of halogens is 1. The highest BCUT2D eigenvalue weighted by Crippen LogP contribution is 2.28. The Morgan fingerprint density at radius 3 is 2.65 bits per heavy atom. The summed E-state index contributed by atoms with van der Waals surface area (Å²) >= 11 is 3.40. The molecule has 0 atom stereocenters. The number of anilines is 1. The number of aryl methyl sites for hydroxylation is 1. The molecule has 0 unspecified atom stereocenters. The maximum Gasteiger partial charge on any atom is 0.285 e. The lowest BCUT2D eigenvalue weighted by Gasteiger charge is -2.09. The number of amidine groups is 1. The Morgan fingerprint density at radius 2 is 1.90 bits per heavy atom. The number of hydrogen-bond acceptors (Lipinski definition) is 3. The molecule has 0 aromatic heterocycles. The molecule has 0 fully saturated rings. The maximum absolute atomic E-state index is 12.0. The van der Waals surface area contributed by atoms with E-state index in [9.17, 15) is 8.42 Å². The van der Waals surface area contributed by atoms with Crippen LogP contribution in [0.1, 0.15) is 11.1 Å². The molecule has 0 saturated carbocycles. The molecule has 0 amide bonds. The summed E-state index contributed by atoms with van der Waals surface area (Å²) < 4.78 is 28.7.